The molecule has 0 saturated carbocycles. The Balaban J connectivity index is 2.04. The zero-order chi connectivity index (χ0) is 14.7. The molecular formula is C18H19N3. The van der Waals surface area contributed by atoms with Gasteiger partial charge in [-0.1, -0.05) is 43.3 Å². The van der Waals surface area contributed by atoms with Crippen molar-refractivity contribution < 1.29 is 0 Å². The third-order valence-electron chi connectivity index (χ3n) is 3.53. The maximum absolute atomic E-state index is 4.66. The number of nitrogens with zero attached hydrogens (tertiary/aromatic N) is 2. The van der Waals surface area contributed by atoms with E-state index in [1.54, 1.807) is 0 Å². The molecule has 0 spiro atoms. The normalized spacial score (nSPS) is 10.8. The SMILES string of the molecule is CCCNc1ncc(C)c(-c2ccc3ccccc3c2)n1. The van der Waals surface area contributed by atoms with Gasteiger partial charge in [-0.05, 0) is 35.7 Å². The fourth-order valence-electron chi connectivity index (χ4n) is 2.39. The van der Waals surface area contributed by atoms with E-state index in [0.29, 0.717) is 5.95 Å². The number of rotatable bonds is 4. The number of aryl methyl sites for hydroxylation is 1. The molecule has 0 amide bonds. The lowest BCUT2D eigenvalue weighted by Crippen LogP contribution is -2.05. The molecular weight excluding hydrogens is 258 g/mol. The van der Waals surface area contributed by atoms with Crippen LogP contribution in [0.4, 0.5) is 5.95 Å². The van der Waals surface area contributed by atoms with Crippen LogP contribution in [0.2, 0.25) is 0 Å². The Hall–Kier alpha value is -2.42. The third-order valence-corrected chi connectivity index (χ3v) is 3.53. The lowest BCUT2D eigenvalue weighted by atomic mass is 10.0. The van der Waals surface area contributed by atoms with Gasteiger partial charge in [-0.3, -0.25) is 0 Å². The topological polar surface area (TPSA) is 37.8 Å². The molecule has 0 bridgehead atoms. The van der Waals surface area contributed by atoms with Gasteiger partial charge in [0.15, 0.2) is 0 Å². The maximum Gasteiger partial charge on any atom is 0.223 e. The van der Waals surface area contributed by atoms with Crippen molar-refractivity contribution in [3.8, 4) is 11.3 Å². The predicted molar refractivity (Wildman–Crippen MR) is 88.5 cm³/mol. The Bertz CT molecular complexity index is 765. The van der Waals surface area contributed by atoms with E-state index in [4.69, 9.17) is 0 Å². The first kappa shape index (κ1) is 13.6. The predicted octanol–water partition coefficient (Wildman–Crippen LogP) is 4.43. The van der Waals surface area contributed by atoms with Crippen molar-refractivity contribution in [2.75, 3.05) is 11.9 Å². The average Bonchev–Trinajstić information content (AvgIpc) is 2.53. The van der Waals surface area contributed by atoms with Gasteiger partial charge in [0.2, 0.25) is 5.95 Å². The number of fused-ring (bicyclic) bond motifs is 1. The van der Waals surface area contributed by atoms with Crippen molar-refractivity contribution in [1.29, 1.82) is 0 Å². The first-order chi connectivity index (χ1) is 10.3. The summed E-state index contributed by atoms with van der Waals surface area (Å²) in [6.07, 6.45) is 2.94. The van der Waals surface area contributed by atoms with Crippen LogP contribution in [0.5, 0.6) is 0 Å². The quantitative estimate of drug-likeness (QED) is 0.766. The summed E-state index contributed by atoms with van der Waals surface area (Å²) in [6.45, 7) is 5.07. The molecule has 106 valence electrons. The maximum atomic E-state index is 4.66. The summed E-state index contributed by atoms with van der Waals surface area (Å²) in [5, 5.41) is 5.73. The van der Waals surface area contributed by atoms with E-state index in [-0.39, 0.29) is 0 Å². The van der Waals surface area contributed by atoms with Crippen molar-refractivity contribution >= 4 is 16.7 Å². The molecule has 0 aliphatic rings. The average molecular weight is 277 g/mol. The third kappa shape index (κ3) is 2.87. The van der Waals surface area contributed by atoms with Gasteiger partial charge in [-0.2, -0.15) is 0 Å². The zero-order valence-corrected chi connectivity index (χ0v) is 12.4. The van der Waals surface area contributed by atoms with Gasteiger partial charge in [-0.15, -0.1) is 0 Å². The van der Waals surface area contributed by atoms with Gasteiger partial charge in [0, 0.05) is 18.3 Å². The molecule has 0 aliphatic carbocycles. The molecule has 1 N–H and O–H groups in total. The van der Waals surface area contributed by atoms with E-state index in [0.717, 1.165) is 29.8 Å². The zero-order valence-electron chi connectivity index (χ0n) is 12.4. The van der Waals surface area contributed by atoms with Crippen LogP contribution in [-0.2, 0) is 0 Å². The Morgan fingerprint density at radius 3 is 2.67 bits per heavy atom. The minimum atomic E-state index is 0.700. The number of hydrogen-bond acceptors (Lipinski definition) is 3. The van der Waals surface area contributed by atoms with Gasteiger partial charge < -0.3 is 5.32 Å². The first-order valence-electron chi connectivity index (χ1n) is 7.34. The molecule has 0 fully saturated rings. The van der Waals surface area contributed by atoms with Crippen LogP contribution in [-0.4, -0.2) is 16.5 Å². The minimum absolute atomic E-state index is 0.700. The molecule has 3 rings (SSSR count). The molecule has 2 aromatic carbocycles. The van der Waals surface area contributed by atoms with Gasteiger partial charge in [0.05, 0.1) is 5.69 Å². The highest BCUT2D eigenvalue weighted by atomic mass is 15.1. The minimum Gasteiger partial charge on any atom is -0.354 e. The first-order valence-corrected chi connectivity index (χ1v) is 7.34. The van der Waals surface area contributed by atoms with E-state index in [1.807, 2.05) is 13.1 Å². The summed E-state index contributed by atoms with van der Waals surface area (Å²) in [5.74, 6) is 0.700. The molecule has 3 aromatic rings. The standard InChI is InChI=1S/C18H19N3/c1-3-10-19-18-20-12-13(2)17(21-18)16-9-8-14-6-4-5-7-15(14)11-16/h4-9,11-12H,3,10H2,1-2H3,(H,19,20,21). The second kappa shape index (κ2) is 5.92. The summed E-state index contributed by atoms with van der Waals surface area (Å²) in [7, 11) is 0. The van der Waals surface area contributed by atoms with Gasteiger partial charge >= 0.3 is 0 Å². The highest BCUT2D eigenvalue weighted by Crippen LogP contribution is 2.25. The van der Waals surface area contributed by atoms with E-state index < -0.39 is 0 Å². The van der Waals surface area contributed by atoms with E-state index in [2.05, 4.69) is 64.7 Å². The number of anilines is 1. The van der Waals surface area contributed by atoms with E-state index >= 15 is 0 Å². The highest BCUT2D eigenvalue weighted by Gasteiger charge is 2.07. The fourth-order valence-corrected chi connectivity index (χ4v) is 2.39. The summed E-state index contributed by atoms with van der Waals surface area (Å²) < 4.78 is 0. The summed E-state index contributed by atoms with van der Waals surface area (Å²) in [5.41, 5.74) is 3.22. The molecule has 0 unspecified atom stereocenters. The van der Waals surface area contributed by atoms with Crippen molar-refractivity contribution in [2.24, 2.45) is 0 Å². The number of nitrogens with one attached hydrogen (secondary N) is 1. The number of benzene rings is 2. The monoisotopic (exact) mass is 277 g/mol. The largest absolute Gasteiger partial charge is 0.354 e. The van der Waals surface area contributed by atoms with Crippen LogP contribution in [0.1, 0.15) is 18.9 Å². The molecule has 0 aliphatic heterocycles. The van der Waals surface area contributed by atoms with Crippen molar-refractivity contribution in [3.05, 3.63) is 54.2 Å². The Labute approximate surface area is 125 Å². The van der Waals surface area contributed by atoms with Crippen LogP contribution in [0.15, 0.2) is 48.7 Å². The van der Waals surface area contributed by atoms with Gasteiger partial charge in [-0.25, -0.2) is 9.97 Å². The van der Waals surface area contributed by atoms with Crippen LogP contribution in [0.3, 0.4) is 0 Å². The number of aromatic nitrogens is 2. The molecule has 3 nitrogen and oxygen atoms in total. The Kier molecular flexibility index (Phi) is 3.82. The van der Waals surface area contributed by atoms with Crippen LogP contribution >= 0.6 is 0 Å². The fraction of sp³-hybridized carbons (Fsp3) is 0.222. The highest BCUT2D eigenvalue weighted by molar-refractivity contribution is 5.87. The lowest BCUT2D eigenvalue weighted by molar-refractivity contribution is 0.951. The molecule has 0 saturated heterocycles. The second-order valence-electron chi connectivity index (χ2n) is 5.21. The van der Waals surface area contributed by atoms with Crippen LogP contribution < -0.4 is 5.32 Å². The van der Waals surface area contributed by atoms with Crippen LogP contribution in [0.25, 0.3) is 22.0 Å². The molecule has 0 radical (unpaired) electrons. The Morgan fingerprint density at radius 1 is 1.05 bits per heavy atom. The molecule has 0 atom stereocenters. The summed E-state index contributed by atoms with van der Waals surface area (Å²) in [4.78, 5) is 9.01. The van der Waals surface area contributed by atoms with Crippen molar-refractivity contribution in [1.82, 2.24) is 9.97 Å². The Morgan fingerprint density at radius 2 is 1.86 bits per heavy atom. The molecule has 21 heavy (non-hydrogen) atoms. The van der Waals surface area contributed by atoms with E-state index in [1.165, 1.54) is 10.8 Å². The van der Waals surface area contributed by atoms with Crippen molar-refractivity contribution in [3.63, 3.8) is 0 Å². The lowest BCUT2D eigenvalue weighted by Gasteiger charge is -2.09. The number of hydrogen-bond donors (Lipinski definition) is 1. The molecule has 1 aromatic heterocycles. The summed E-state index contributed by atoms with van der Waals surface area (Å²) in [6, 6.07) is 14.8. The molecule has 3 heteroatoms. The summed E-state index contributed by atoms with van der Waals surface area (Å²) >= 11 is 0. The van der Waals surface area contributed by atoms with Crippen molar-refractivity contribution in [2.45, 2.75) is 20.3 Å². The second-order valence-corrected chi connectivity index (χ2v) is 5.21. The molecule has 1 heterocycles. The van der Waals surface area contributed by atoms with Gasteiger partial charge in [0.25, 0.3) is 0 Å². The van der Waals surface area contributed by atoms with E-state index in [9.17, 15) is 0 Å². The van der Waals surface area contributed by atoms with Gasteiger partial charge in [0.1, 0.15) is 0 Å². The smallest absolute Gasteiger partial charge is 0.223 e. The van der Waals surface area contributed by atoms with Crippen LogP contribution in [0, 0.1) is 6.92 Å².